The molecule has 2 aromatic carbocycles. The molecule has 0 radical (unpaired) electrons. The maximum Gasteiger partial charge on any atom is 0.268 e. The van der Waals surface area contributed by atoms with E-state index in [1.165, 1.54) is 14.2 Å². The molecule has 0 saturated heterocycles. The fourth-order valence-electron chi connectivity index (χ4n) is 3.64. The molecule has 0 aliphatic heterocycles. The first-order chi connectivity index (χ1) is 14.3. The molecule has 0 unspecified atom stereocenters. The lowest BCUT2D eigenvalue weighted by atomic mass is 10.2. The van der Waals surface area contributed by atoms with E-state index in [1.54, 1.807) is 42.5 Å². The second kappa shape index (κ2) is 9.38. The molecule has 0 spiro atoms. The second-order valence-corrected chi connectivity index (χ2v) is 9.24. The molecule has 0 bridgehead atoms. The summed E-state index contributed by atoms with van der Waals surface area (Å²) in [6.07, 6.45) is 4.00. The quantitative estimate of drug-likeness (QED) is 0.692. The first-order valence-corrected chi connectivity index (χ1v) is 11.4. The van der Waals surface area contributed by atoms with Crippen LogP contribution in [-0.4, -0.2) is 41.1 Å². The molecule has 1 amide bonds. The van der Waals surface area contributed by atoms with Crippen LogP contribution in [0.3, 0.4) is 0 Å². The van der Waals surface area contributed by atoms with E-state index in [2.05, 4.69) is 5.32 Å². The van der Waals surface area contributed by atoms with Gasteiger partial charge >= 0.3 is 0 Å². The molecule has 0 heterocycles. The van der Waals surface area contributed by atoms with Crippen molar-refractivity contribution in [3.8, 4) is 11.5 Å². The number of nitrogens with one attached hydrogen (secondary N) is 1. The number of hydrogen-bond acceptors (Lipinski definition) is 5. The Morgan fingerprint density at radius 1 is 1.07 bits per heavy atom. The molecule has 30 heavy (non-hydrogen) atoms. The Kier molecular flexibility index (Phi) is 6.87. The summed E-state index contributed by atoms with van der Waals surface area (Å²) in [6.45, 7) is 1.49. The number of aryl methyl sites for hydroxylation is 1. The smallest absolute Gasteiger partial charge is 0.268 e. The zero-order valence-corrected chi connectivity index (χ0v) is 18.4. The molecule has 0 aromatic heterocycles. The van der Waals surface area contributed by atoms with E-state index in [0.29, 0.717) is 11.4 Å². The third kappa shape index (κ3) is 4.87. The van der Waals surface area contributed by atoms with Gasteiger partial charge in [-0.05, 0) is 61.7 Å². The van der Waals surface area contributed by atoms with Crippen LogP contribution in [0.4, 0.5) is 5.69 Å². The molecule has 8 heteroatoms. The number of amides is 1. The minimum Gasteiger partial charge on any atom is -0.497 e. The Labute approximate surface area is 178 Å². The summed E-state index contributed by atoms with van der Waals surface area (Å²) in [7, 11) is -1.10. The Bertz CT molecular complexity index is 983. The number of nitrogens with zero attached hydrogens (tertiary/aromatic N) is 1. The van der Waals surface area contributed by atoms with Gasteiger partial charge in [0.05, 0.1) is 19.9 Å². The van der Waals surface area contributed by atoms with Gasteiger partial charge in [0.2, 0.25) is 5.91 Å². The predicted molar refractivity (Wildman–Crippen MR) is 116 cm³/mol. The van der Waals surface area contributed by atoms with Crippen molar-refractivity contribution < 1.29 is 22.7 Å². The number of anilines is 1. The summed E-state index contributed by atoms with van der Waals surface area (Å²) in [5, 5.41) is 2.96. The van der Waals surface area contributed by atoms with Crippen LogP contribution in [0.15, 0.2) is 47.4 Å². The molecular weight excluding hydrogens is 404 g/mol. The fraction of sp³-hybridized carbons (Fsp3) is 0.409. The van der Waals surface area contributed by atoms with Crippen molar-refractivity contribution in [3.05, 3.63) is 48.0 Å². The van der Waals surface area contributed by atoms with Gasteiger partial charge in [0.1, 0.15) is 22.9 Å². The lowest BCUT2D eigenvalue weighted by Gasteiger charge is -2.26. The SMILES string of the molecule is COc1ccc(N(CC(=O)NC2CCCC2)S(=O)(=O)c2cc(C)ccc2OC)cc1. The van der Waals surface area contributed by atoms with Gasteiger partial charge in [0, 0.05) is 6.04 Å². The Morgan fingerprint density at radius 2 is 1.73 bits per heavy atom. The maximum atomic E-state index is 13.6. The van der Waals surface area contributed by atoms with Crippen LogP contribution in [0.1, 0.15) is 31.2 Å². The van der Waals surface area contributed by atoms with Crippen LogP contribution in [0.2, 0.25) is 0 Å². The van der Waals surface area contributed by atoms with Crippen LogP contribution in [0, 0.1) is 6.92 Å². The molecular formula is C22H28N2O5S. The summed E-state index contributed by atoms with van der Waals surface area (Å²) in [6, 6.07) is 11.6. The average Bonchev–Trinajstić information content (AvgIpc) is 3.25. The molecule has 0 atom stereocenters. The van der Waals surface area contributed by atoms with Crippen molar-refractivity contribution in [1.82, 2.24) is 5.32 Å². The highest BCUT2D eigenvalue weighted by atomic mass is 32.2. The number of carbonyl (C=O) groups is 1. The van der Waals surface area contributed by atoms with Gasteiger partial charge in [-0.1, -0.05) is 18.9 Å². The van der Waals surface area contributed by atoms with Gasteiger partial charge in [0.15, 0.2) is 0 Å². The molecule has 1 aliphatic rings. The fourth-order valence-corrected chi connectivity index (χ4v) is 5.31. The summed E-state index contributed by atoms with van der Waals surface area (Å²) in [5.41, 5.74) is 1.15. The standard InChI is InChI=1S/C22H28N2O5S/c1-16-8-13-20(29-3)21(14-16)30(26,27)24(18-9-11-19(28-2)12-10-18)15-22(25)23-17-6-4-5-7-17/h8-14,17H,4-7,15H2,1-3H3,(H,23,25). The lowest BCUT2D eigenvalue weighted by Crippen LogP contribution is -2.43. The molecule has 3 rings (SSSR count). The number of hydrogen-bond donors (Lipinski definition) is 1. The van der Waals surface area contributed by atoms with Crippen molar-refractivity contribution in [2.75, 3.05) is 25.1 Å². The number of carbonyl (C=O) groups excluding carboxylic acids is 1. The van der Waals surface area contributed by atoms with E-state index in [9.17, 15) is 13.2 Å². The van der Waals surface area contributed by atoms with Crippen molar-refractivity contribution in [2.24, 2.45) is 0 Å². The van der Waals surface area contributed by atoms with Crippen LogP contribution < -0.4 is 19.1 Å². The Morgan fingerprint density at radius 3 is 2.33 bits per heavy atom. The summed E-state index contributed by atoms with van der Waals surface area (Å²) >= 11 is 0. The lowest BCUT2D eigenvalue weighted by molar-refractivity contribution is -0.120. The number of methoxy groups -OCH3 is 2. The van der Waals surface area contributed by atoms with Crippen LogP contribution in [-0.2, 0) is 14.8 Å². The van der Waals surface area contributed by atoms with E-state index in [-0.39, 0.29) is 29.1 Å². The maximum absolute atomic E-state index is 13.6. The van der Waals surface area contributed by atoms with E-state index in [0.717, 1.165) is 35.6 Å². The molecule has 1 N–H and O–H groups in total. The zero-order chi connectivity index (χ0) is 21.7. The highest BCUT2D eigenvalue weighted by Gasteiger charge is 2.31. The minimum atomic E-state index is -4.06. The number of benzene rings is 2. The van der Waals surface area contributed by atoms with Gasteiger partial charge < -0.3 is 14.8 Å². The van der Waals surface area contributed by atoms with Crippen molar-refractivity contribution in [2.45, 2.75) is 43.5 Å². The number of ether oxygens (including phenoxy) is 2. The zero-order valence-electron chi connectivity index (χ0n) is 17.6. The summed E-state index contributed by atoms with van der Waals surface area (Å²) in [5.74, 6) is 0.503. The predicted octanol–water partition coefficient (Wildman–Crippen LogP) is 3.27. The molecule has 162 valence electrons. The monoisotopic (exact) mass is 432 g/mol. The van der Waals surface area contributed by atoms with Gasteiger partial charge in [-0.15, -0.1) is 0 Å². The minimum absolute atomic E-state index is 0.0227. The summed E-state index contributed by atoms with van der Waals surface area (Å²) in [4.78, 5) is 12.8. The largest absolute Gasteiger partial charge is 0.497 e. The van der Waals surface area contributed by atoms with E-state index in [1.807, 2.05) is 6.92 Å². The highest BCUT2D eigenvalue weighted by Crippen LogP contribution is 2.31. The van der Waals surface area contributed by atoms with E-state index >= 15 is 0 Å². The van der Waals surface area contributed by atoms with Crippen LogP contribution >= 0.6 is 0 Å². The van der Waals surface area contributed by atoms with E-state index < -0.39 is 10.0 Å². The number of rotatable bonds is 8. The van der Waals surface area contributed by atoms with Gasteiger partial charge in [-0.2, -0.15) is 0 Å². The molecule has 2 aromatic rings. The van der Waals surface area contributed by atoms with E-state index in [4.69, 9.17) is 9.47 Å². The Hall–Kier alpha value is -2.74. The van der Waals surface area contributed by atoms with Gasteiger partial charge in [-0.25, -0.2) is 8.42 Å². The molecule has 1 aliphatic carbocycles. The first kappa shape index (κ1) is 22.0. The van der Waals surface area contributed by atoms with Crippen molar-refractivity contribution >= 4 is 21.6 Å². The third-order valence-electron chi connectivity index (χ3n) is 5.26. The first-order valence-electron chi connectivity index (χ1n) is 9.96. The summed E-state index contributed by atoms with van der Waals surface area (Å²) < 4.78 is 38.8. The normalized spacial score (nSPS) is 14.4. The topological polar surface area (TPSA) is 84.9 Å². The Balaban J connectivity index is 1.98. The van der Waals surface area contributed by atoms with Gasteiger partial charge in [-0.3, -0.25) is 9.10 Å². The average molecular weight is 433 g/mol. The highest BCUT2D eigenvalue weighted by molar-refractivity contribution is 7.93. The van der Waals surface area contributed by atoms with Gasteiger partial charge in [0.25, 0.3) is 10.0 Å². The molecule has 7 nitrogen and oxygen atoms in total. The number of sulfonamides is 1. The second-order valence-electron chi connectivity index (χ2n) is 7.41. The van der Waals surface area contributed by atoms with Crippen LogP contribution in [0.25, 0.3) is 0 Å². The molecule has 1 saturated carbocycles. The van der Waals surface area contributed by atoms with Crippen LogP contribution in [0.5, 0.6) is 11.5 Å². The van der Waals surface area contributed by atoms with Crippen molar-refractivity contribution in [1.29, 1.82) is 0 Å². The molecule has 1 fully saturated rings. The van der Waals surface area contributed by atoms with Crippen molar-refractivity contribution in [3.63, 3.8) is 0 Å². The third-order valence-corrected chi connectivity index (χ3v) is 7.05.